The van der Waals surface area contributed by atoms with Crippen LogP contribution in [0.25, 0.3) is 0 Å². The van der Waals surface area contributed by atoms with Crippen LogP contribution in [0.2, 0.25) is 10.0 Å². The minimum atomic E-state index is -3.86. The Kier molecular flexibility index (Phi) is 7.82. The molecule has 3 rings (SSSR count). The number of benzene rings is 2. The van der Waals surface area contributed by atoms with Crippen molar-refractivity contribution < 1.29 is 18.0 Å². The first-order valence-electron chi connectivity index (χ1n) is 10.3. The van der Waals surface area contributed by atoms with Gasteiger partial charge in [0.15, 0.2) is 0 Å². The summed E-state index contributed by atoms with van der Waals surface area (Å²) < 4.78 is 27.3. The lowest BCUT2D eigenvalue weighted by Gasteiger charge is -2.31. The van der Waals surface area contributed by atoms with E-state index in [4.69, 9.17) is 23.2 Å². The van der Waals surface area contributed by atoms with Crippen LogP contribution in [0.15, 0.2) is 47.4 Å². The number of anilines is 2. The molecule has 2 amide bonds. The van der Waals surface area contributed by atoms with Crippen LogP contribution in [0.1, 0.15) is 26.7 Å². The highest BCUT2D eigenvalue weighted by molar-refractivity contribution is 7.89. The zero-order valence-electron chi connectivity index (χ0n) is 17.8. The van der Waals surface area contributed by atoms with Gasteiger partial charge in [-0.25, -0.2) is 8.42 Å². The van der Waals surface area contributed by atoms with E-state index >= 15 is 0 Å². The third-order valence-corrected chi connectivity index (χ3v) is 8.12. The maximum atomic E-state index is 13.0. The summed E-state index contributed by atoms with van der Waals surface area (Å²) in [6.45, 7) is 3.97. The van der Waals surface area contributed by atoms with Crippen molar-refractivity contribution in [2.24, 2.45) is 11.8 Å². The minimum absolute atomic E-state index is 0.0711. The molecule has 0 unspecified atom stereocenters. The van der Waals surface area contributed by atoms with Gasteiger partial charge >= 0.3 is 0 Å². The van der Waals surface area contributed by atoms with E-state index in [2.05, 4.69) is 10.6 Å². The van der Waals surface area contributed by atoms with Crippen molar-refractivity contribution in [1.82, 2.24) is 4.31 Å². The number of piperidine rings is 1. The molecule has 1 aliphatic rings. The normalized spacial score (nSPS) is 15.5. The van der Waals surface area contributed by atoms with Crippen LogP contribution in [0.5, 0.6) is 0 Å². The Morgan fingerprint density at radius 1 is 0.969 bits per heavy atom. The smallest absolute Gasteiger partial charge is 0.246 e. The largest absolute Gasteiger partial charge is 0.326 e. The number of nitrogens with zero attached hydrogens (tertiary/aromatic N) is 1. The molecule has 1 heterocycles. The number of sulfonamides is 1. The van der Waals surface area contributed by atoms with Gasteiger partial charge in [0, 0.05) is 36.3 Å². The van der Waals surface area contributed by atoms with Crippen molar-refractivity contribution in [2.75, 3.05) is 23.7 Å². The van der Waals surface area contributed by atoms with E-state index in [1.807, 2.05) is 0 Å². The lowest BCUT2D eigenvalue weighted by Crippen LogP contribution is -2.41. The van der Waals surface area contributed by atoms with E-state index in [0.717, 1.165) is 0 Å². The van der Waals surface area contributed by atoms with E-state index in [0.29, 0.717) is 24.2 Å². The summed E-state index contributed by atoms with van der Waals surface area (Å²) in [5, 5.41) is 5.80. The molecule has 2 aromatic carbocycles. The predicted molar refractivity (Wildman–Crippen MR) is 126 cm³/mol. The molecule has 0 atom stereocenters. The molecule has 0 radical (unpaired) electrons. The molecule has 1 aliphatic heterocycles. The number of rotatable bonds is 6. The molecule has 0 spiro atoms. The standard InChI is InChI=1S/C22H25Cl2N3O4S/c1-14(2)21(28)25-16-5-3-6-17(13-16)26-22(29)15-9-11-27(12-10-15)32(30,31)20-18(23)7-4-8-19(20)24/h3-8,13-15H,9-12H2,1-2H3,(H,25,28)(H,26,29). The van der Waals surface area contributed by atoms with Gasteiger partial charge in [-0.3, -0.25) is 9.59 Å². The molecular formula is C22H25Cl2N3O4S. The fourth-order valence-electron chi connectivity index (χ4n) is 3.42. The Bertz CT molecular complexity index is 1090. The highest BCUT2D eigenvalue weighted by Crippen LogP contribution is 2.33. The molecule has 32 heavy (non-hydrogen) atoms. The van der Waals surface area contributed by atoms with Gasteiger partial charge in [-0.05, 0) is 43.2 Å². The van der Waals surface area contributed by atoms with E-state index in [1.54, 1.807) is 44.2 Å². The molecule has 2 N–H and O–H groups in total. The van der Waals surface area contributed by atoms with Crippen molar-refractivity contribution in [2.45, 2.75) is 31.6 Å². The van der Waals surface area contributed by atoms with Crippen LogP contribution < -0.4 is 10.6 Å². The van der Waals surface area contributed by atoms with Crippen molar-refractivity contribution in [3.05, 3.63) is 52.5 Å². The maximum absolute atomic E-state index is 13.0. The molecule has 0 bridgehead atoms. The lowest BCUT2D eigenvalue weighted by molar-refractivity contribution is -0.121. The number of hydrogen-bond acceptors (Lipinski definition) is 4. The first-order chi connectivity index (χ1) is 15.1. The molecule has 2 aromatic rings. The number of amides is 2. The second-order valence-corrected chi connectivity index (χ2v) is 10.6. The van der Waals surface area contributed by atoms with Crippen LogP contribution in [-0.4, -0.2) is 37.6 Å². The average Bonchev–Trinajstić information content (AvgIpc) is 2.73. The van der Waals surface area contributed by atoms with Crippen molar-refractivity contribution in [3.8, 4) is 0 Å². The highest BCUT2D eigenvalue weighted by Gasteiger charge is 2.34. The third-order valence-electron chi connectivity index (χ3n) is 5.26. The van der Waals surface area contributed by atoms with Crippen LogP contribution in [0.4, 0.5) is 11.4 Å². The van der Waals surface area contributed by atoms with Gasteiger partial charge < -0.3 is 10.6 Å². The Morgan fingerprint density at radius 3 is 2.06 bits per heavy atom. The van der Waals surface area contributed by atoms with E-state index in [1.165, 1.54) is 16.4 Å². The van der Waals surface area contributed by atoms with Crippen molar-refractivity contribution in [1.29, 1.82) is 0 Å². The average molecular weight is 498 g/mol. The zero-order valence-corrected chi connectivity index (χ0v) is 20.1. The Balaban J connectivity index is 1.62. The van der Waals surface area contributed by atoms with E-state index in [9.17, 15) is 18.0 Å². The Hall–Kier alpha value is -2.13. The summed E-state index contributed by atoms with van der Waals surface area (Å²) >= 11 is 12.2. The number of carbonyl (C=O) groups is 2. The zero-order chi connectivity index (χ0) is 23.5. The fourth-order valence-corrected chi connectivity index (χ4v) is 5.98. The SMILES string of the molecule is CC(C)C(=O)Nc1cccc(NC(=O)C2CCN(S(=O)(=O)c3c(Cl)cccc3Cl)CC2)c1. The summed E-state index contributed by atoms with van der Waals surface area (Å²) in [6.07, 6.45) is 0.744. The van der Waals surface area contributed by atoms with Gasteiger partial charge in [0.25, 0.3) is 0 Å². The van der Waals surface area contributed by atoms with Crippen LogP contribution >= 0.6 is 23.2 Å². The quantitative estimate of drug-likeness (QED) is 0.607. The minimum Gasteiger partial charge on any atom is -0.326 e. The van der Waals surface area contributed by atoms with Gasteiger partial charge in [0.05, 0.1) is 10.0 Å². The van der Waals surface area contributed by atoms with Gasteiger partial charge in [0.1, 0.15) is 4.90 Å². The number of nitrogens with one attached hydrogen (secondary N) is 2. The molecule has 7 nitrogen and oxygen atoms in total. The Morgan fingerprint density at radius 2 is 1.50 bits per heavy atom. The first-order valence-corrected chi connectivity index (χ1v) is 12.4. The summed E-state index contributed by atoms with van der Waals surface area (Å²) in [7, 11) is -3.86. The van der Waals surface area contributed by atoms with E-state index < -0.39 is 10.0 Å². The molecule has 172 valence electrons. The second kappa shape index (κ2) is 10.2. The molecule has 0 saturated carbocycles. The van der Waals surface area contributed by atoms with Crippen LogP contribution in [-0.2, 0) is 19.6 Å². The summed E-state index contributed by atoms with van der Waals surface area (Å²) in [4.78, 5) is 24.5. The molecule has 1 saturated heterocycles. The Labute approximate surface area is 198 Å². The van der Waals surface area contributed by atoms with Crippen molar-refractivity contribution >= 4 is 56.4 Å². The first kappa shape index (κ1) is 24.5. The molecule has 1 fully saturated rings. The van der Waals surface area contributed by atoms with Gasteiger partial charge in [0.2, 0.25) is 21.8 Å². The van der Waals surface area contributed by atoms with Gasteiger partial charge in [-0.15, -0.1) is 0 Å². The molecule has 0 aromatic heterocycles. The van der Waals surface area contributed by atoms with Crippen molar-refractivity contribution in [3.63, 3.8) is 0 Å². The topological polar surface area (TPSA) is 95.6 Å². The van der Waals surface area contributed by atoms with Gasteiger partial charge in [-0.2, -0.15) is 4.31 Å². The van der Waals surface area contributed by atoms with Gasteiger partial charge in [-0.1, -0.05) is 49.2 Å². The van der Waals surface area contributed by atoms with Crippen LogP contribution in [0.3, 0.4) is 0 Å². The second-order valence-electron chi connectivity index (χ2n) is 7.94. The predicted octanol–water partition coefficient (Wildman–Crippen LogP) is 4.63. The summed E-state index contributed by atoms with van der Waals surface area (Å²) in [6, 6.07) is 11.5. The molecule has 0 aliphatic carbocycles. The maximum Gasteiger partial charge on any atom is 0.246 e. The fraction of sp³-hybridized carbons (Fsp3) is 0.364. The molecule has 10 heteroatoms. The van der Waals surface area contributed by atoms with E-state index in [-0.39, 0.29) is 51.7 Å². The van der Waals surface area contributed by atoms with Crippen LogP contribution in [0, 0.1) is 11.8 Å². The number of hydrogen-bond donors (Lipinski definition) is 2. The summed E-state index contributed by atoms with van der Waals surface area (Å²) in [5.74, 6) is -0.793. The highest BCUT2D eigenvalue weighted by atomic mass is 35.5. The monoisotopic (exact) mass is 497 g/mol. The molecular weight excluding hydrogens is 473 g/mol. The summed E-state index contributed by atoms with van der Waals surface area (Å²) in [5.41, 5.74) is 1.16. The lowest BCUT2D eigenvalue weighted by atomic mass is 9.97. The number of carbonyl (C=O) groups excluding carboxylic acids is 2. The number of halogens is 2. The third kappa shape index (κ3) is 5.61.